The van der Waals surface area contributed by atoms with Gasteiger partial charge in [0, 0.05) is 27.1 Å². The number of ketones is 2. The van der Waals surface area contributed by atoms with Crippen molar-refractivity contribution in [3.05, 3.63) is 23.7 Å². The Labute approximate surface area is 202 Å². The van der Waals surface area contributed by atoms with Gasteiger partial charge in [0.05, 0.1) is 23.4 Å². The van der Waals surface area contributed by atoms with Crippen LogP contribution in [0.1, 0.15) is 12.8 Å². The van der Waals surface area contributed by atoms with Gasteiger partial charge in [-0.2, -0.15) is 0 Å². The van der Waals surface area contributed by atoms with E-state index in [-0.39, 0.29) is 24.4 Å². The molecule has 1 saturated carbocycles. The maximum absolute atomic E-state index is 14.0. The van der Waals surface area contributed by atoms with Crippen molar-refractivity contribution in [3.8, 4) is 0 Å². The maximum atomic E-state index is 14.0. The summed E-state index contributed by atoms with van der Waals surface area (Å²) in [6.07, 6.45) is 2.30. The molecule has 0 aromatic heterocycles. The number of rotatable bonds is 6. The van der Waals surface area contributed by atoms with Gasteiger partial charge in [0.25, 0.3) is 0 Å². The second kappa shape index (κ2) is 8.54. The van der Waals surface area contributed by atoms with Crippen LogP contribution in [0.4, 0.5) is 0 Å². The molecule has 0 spiro atoms. The van der Waals surface area contributed by atoms with E-state index in [2.05, 4.69) is 39.3 Å². The van der Waals surface area contributed by atoms with Crippen LogP contribution in [-0.2, 0) is 27.9 Å². The molecule has 0 unspecified atom stereocenters. The van der Waals surface area contributed by atoms with Crippen LogP contribution in [0.2, 0.25) is 39.3 Å². The summed E-state index contributed by atoms with van der Waals surface area (Å²) in [5, 5.41) is 0. The summed E-state index contributed by atoms with van der Waals surface area (Å²) >= 11 is 14.1. The van der Waals surface area contributed by atoms with E-state index in [1.807, 2.05) is 0 Å². The molecule has 3 aliphatic carbocycles. The first-order valence-electron chi connectivity index (χ1n) is 10.9. The first-order valence-corrected chi connectivity index (χ1v) is 18.5. The zero-order valence-corrected chi connectivity index (χ0v) is 23.6. The molecule has 0 aliphatic heterocycles. The van der Waals surface area contributed by atoms with Gasteiger partial charge in [-0.3, -0.25) is 9.59 Å². The Kier molecular flexibility index (Phi) is 6.93. The van der Waals surface area contributed by atoms with Crippen molar-refractivity contribution in [3.63, 3.8) is 0 Å². The van der Waals surface area contributed by atoms with Crippen LogP contribution in [-0.4, -0.2) is 64.4 Å². The Morgan fingerprint density at radius 2 is 1.06 bits per heavy atom. The molecule has 3 rings (SSSR count). The lowest BCUT2D eigenvalue weighted by molar-refractivity contribution is -0.152. The minimum Gasteiger partial charge on any atom is -0.547 e. The third-order valence-corrected chi connectivity index (χ3v) is 9.18. The number of methoxy groups -OCH3 is 2. The highest BCUT2D eigenvalue weighted by molar-refractivity contribution is 6.70. The van der Waals surface area contributed by atoms with Crippen molar-refractivity contribution in [2.75, 3.05) is 14.2 Å². The van der Waals surface area contributed by atoms with Gasteiger partial charge in [0.2, 0.25) is 16.6 Å². The Morgan fingerprint density at radius 3 is 1.31 bits per heavy atom. The molecule has 0 aromatic rings. The summed E-state index contributed by atoms with van der Waals surface area (Å²) in [5.74, 6) is -1.11. The fraction of sp³-hybridized carbons (Fsp3) is 0.727. The van der Waals surface area contributed by atoms with Crippen molar-refractivity contribution >= 4 is 51.4 Å². The molecule has 0 amide bonds. The molecule has 6 atom stereocenters. The van der Waals surface area contributed by atoms with E-state index in [9.17, 15) is 9.59 Å². The van der Waals surface area contributed by atoms with E-state index >= 15 is 0 Å². The molecule has 0 N–H and O–H groups in total. The number of alkyl halides is 2. The number of hydrogen-bond donors (Lipinski definition) is 0. The average molecular weight is 522 g/mol. The van der Waals surface area contributed by atoms with Crippen molar-refractivity contribution < 1.29 is 27.9 Å². The predicted octanol–water partition coefficient (Wildman–Crippen LogP) is 4.63. The predicted molar refractivity (Wildman–Crippen MR) is 130 cm³/mol. The Bertz CT molecular complexity index is 791. The summed E-state index contributed by atoms with van der Waals surface area (Å²) in [6.45, 7) is 12.3. The van der Waals surface area contributed by atoms with Crippen LogP contribution in [0.25, 0.3) is 0 Å². The van der Waals surface area contributed by atoms with Crippen LogP contribution < -0.4 is 0 Å². The lowest BCUT2D eigenvalue weighted by Gasteiger charge is -2.54. The van der Waals surface area contributed by atoms with Gasteiger partial charge in [-0.15, -0.1) is 23.2 Å². The van der Waals surface area contributed by atoms with Gasteiger partial charge in [-0.1, -0.05) is 0 Å². The zero-order valence-electron chi connectivity index (χ0n) is 20.1. The molecule has 10 heteroatoms. The van der Waals surface area contributed by atoms with Crippen molar-refractivity contribution in [2.24, 2.45) is 11.8 Å². The van der Waals surface area contributed by atoms with Crippen LogP contribution >= 0.6 is 23.2 Å². The first kappa shape index (κ1) is 26.0. The molecule has 32 heavy (non-hydrogen) atoms. The third kappa shape index (κ3) is 4.39. The van der Waals surface area contributed by atoms with E-state index in [1.165, 1.54) is 14.2 Å². The average Bonchev–Trinajstić information content (AvgIpc) is 2.65. The summed E-state index contributed by atoms with van der Waals surface area (Å²) < 4.78 is 23.6. The topological polar surface area (TPSA) is 71.1 Å². The van der Waals surface area contributed by atoms with Gasteiger partial charge in [0.1, 0.15) is 22.0 Å². The van der Waals surface area contributed by atoms with Gasteiger partial charge in [0.15, 0.2) is 11.6 Å². The second-order valence-electron chi connectivity index (χ2n) is 10.8. The van der Waals surface area contributed by atoms with Gasteiger partial charge >= 0.3 is 0 Å². The molecule has 6 nitrogen and oxygen atoms in total. The molecule has 0 saturated heterocycles. The number of allylic oxidation sites excluding steroid dienone is 2. The molecule has 0 bridgehead atoms. The van der Waals surface area contributed by atoms with E-state index in [4.69, 9.17) is 41.5 Å². The summed E-state index contributed by atoms with van der Waals surface area (Å²) in [7, 11) is -0.942. The van der Waals surface area contributed by atoms with E-state index < -0.39 is 50.4 Å². The number of Topliss-reactive ketones (excluding diaryl/α,β-unsaturated/α-hetero) is 2. The van der Waals surface area contributed by atoms with Crippen LogP contribution in [0, 0.1) is 11.8 Å². The minimum atomic E-state index is -1.96. The van der Waals surface area contributed by atoms with Gasteiger partial charge in [-0.25, -0.2) is 0 Å². The number of carbonyl (C=O) groups excluding carboxylic acids is 2. The van der Waals surface area contributed by atoms with Gasteiger partial charge < -0.3 is 18.3 Å². The highest BCUT2D eigenvalue weighted by Crippen LogP contribution is 2.56. The van der Waals surface area contributed by atoms with E-state index in [0.717, 1.165) is 0 Å². The fourth-order valence-electron chi connectivity index (χ4n) is 4.95. The van der Waals surface area contributed by atoms with Crippen LogP contribution in [0.3, 0.4) is 0 Å². The molecule has 180 valence electrons. The van der Waals surface area contributed by atoms with Crippen molar-refractivity contribution in [2.45, 2.75) is 74.1 Å². The molecule has 1 fully saturated rings. The van der Waals surface area contributed by atoms with Crippen LogP contribution in [0.15, 0.2) is 23.7 Å². The number of fused-ring (bicyclic) bond motifs is 2. The third-order valence-electron chi connectivity index (χ3n) is 6.10. The highest BCUT2D eigenvalue weighted by Gasteiger charge is 2.70. The number of hydrogen-bond acceptors (Lipinski definition) is 6. The molecule has 0 heterocycles. The lowest BCUT2D eigenvalue weighted by Crippen LogP contribution is -2.71. The molecule has 3 aliphatic rings. The monoisotopic (exact) mass is 520 g/mol. The van der Waals surface area contributed by atoms with Crippen molar-refractivity contribution in [1.82, 2.24) is 0 Å². The summed E-state index contributed by atoms with van der Waals surface area (Å²) in [4.78, 5) is 24.8. The largest absolute Gasteiger partial charge is 0.547 e. The molecule has 0 radical (unpaired) electrons. The molecule has 0 aromatic carbocycles. The molecular weight excluding hydrogens is 487 g/mol. The number of halogens is 2. The lowest BCUT2D eigenvalue weighted by atomic mass is 9.57. The van der Waals surface area contributed by atoms with Crippen molar-refractivity contribution in [1.29, 1.82) is 0 Å². The quantitative estimate of drug-likeness (QED) is 0.375. The fourth-order valence-corrected chi connectivity index (χ4v) is 7.75. The Morgan fingerprint density at radius 1 is 0.750 bits per heavy atom. The number of ether oxygens (including phenoxy) is 2. The Hall–Kier alpha value is -0.646. The molecular formula is C22H34Cl2O6Si2. The zero-order chi connectivity index (χ0) is 24.3. The first-order chi connectivity index (χ1) is 14.6. The van der Waals surface area contributed by atoms with E-state index in [0.29, 0.717) is 11.5 Å². The minimum absolute atomic E-state index is 0.206. The Balaban J connectivity index is 2.09. The highest BCUT2D eigenvalue weighted by atomic mass is 35.5. The number of carbonyl (C=O) groups is 2. The SMILES string of the molecule is CO[C@H]1C=C(O[Si](C)(C)C)C[C@H]2C(=O)[C@@]3(Cl)[C@H](CC(O[Si](C)(C)C)=C[C@H]3OC)C(=O)[C@@]12Cl. The van der Waals surface area contributed by atoms with Crippen LogP contribution in [0.5, 0.6) is 0 Å². The second-order valence-corrected chi connectivity index (χ2v) is 20.9. The van der Waals surface area contributed by atoms with Gasteiger partial charge in [-0.05, 0) is 51.4 Å². The summed E-state index contributed by atoms with van der Waals surface area (Å²) in [5.41, 5.74) is 0. The standard InChI is InChI=1S/C22H34Cl2O6Si2/c1-27-17-11-13(29-31(3,4)5)9-15-20(26)22(24)16(19(25)21(15,17)23)10-14(12-18(22)28-2)30-32(6,7)8/h11-12,15-18H,9-10H2,1-8H3/t15-,16+,17-,18+,21-,22+. The normalized spacial score (nSPS) is 37.8. The van der Waals surface area contributed by atoms with E-state index in [1.54, 1.807) is 12.2 Å². The summed E-state index contributed by atoms with van der Waals surface area (Å²) in [6, 6.07) is 0. The maximum Gasteiger partial charge on any atom is 0.241 e. The smallest absolute Gasteiger partial charge is 0.241 e.